The molecular formula is C16H28O5Si. The molecule has 6 heteroatoms. The van der Waals surface area contributed by atoms with Gasteiger partial charge >= 0.3 is 5.97 Å². The van der Waals surface area contributed by atoms with Gasteiger partial charge in [0.15, 0.2) is 14.1 Å². The molecule has 5 atom stereocenters. The SMILES string of the molecule is C=C[C@H]1CC(=O)O[C@@H]1[C@@H](O[Si](C)(C)C)[C@H]1OC(C)(C)O[C@@H]1C. The number of esters is 1. The van der Waals surface area contributed by atoms with Crippen LogP contribution < -0.4 is 0 Å². The van der Waals surface area contributed by atoms with Crippen molar-refractivity contribution in [3.63, 3.8) is 0 Å². The third-order valence-electron chi connectivity index (χ3n) is 3.88. The van der Waals surface area contributed by atoms with Crippen molar-refractivity contribution in [2.24, 2.45) is 5.92 Å². The van der Waals surface area contributed by atoms with E-state index in [2.05, 4.69) is 26.2 Å². The molecule has 2 heterocycles. The molecule has 0 aromatic rings. The molecule has 0 aliphatic carbocycles. The van der Waals surface area contributed by atoms with Crippen LogP contribution in [-0.2, 0) is 23.4 Å². The summed E-state index contributed by atoms with van der Waals surface area (Å²) in [5.41, 5.74) is 0. The van der Waals surface area contributed by atoms with Crippen molar-refractivity contribution >= 4 is 14.3 Å². The Morgan fingerprint density at radius 3 is 2.41 bits per heavy atom. The van der Waals surface area contributed by atoms with Gasteiger partial charge in [0.1, 0.15) is 18.3 Å². The van der Waals surface area contributed by atoms with Gasteiger partial charge in [0.05, 0.1) is 12.5 Å². The van der Waals surface area contributed by atoms with Gasteiger partial charge in [-0.25, -0.2) is 0 Å². The summed E-state index contributed by atoms with van der Waals surface area (Å²) in [5, 5.41) is 0. The van der Waals surface area contributed by atoms with Crippen molar-refractivity contribution in [3.8, 4) is 0 Å². The van der Waals surface area contributed by atoms with Crippen LogP contribution in [0.3, 0.4) is 0 Å². The fourth-order valence-electron chi connectivity index (χ4n) is 3.15. The Morgan fingerprint density at radius 1 is 1.32 bits per heavy atom. The second-order valence-electron chi connectivity index (χ2n) is 7.56. The topological polar surface area (TPSA) is 54.0 Å². The first-order chi connectivity index (χ1) is 10.0. The Bertz CT molecular complexity index is 442. The predicted octanol–water partition coefficient (Wildman–Crippen LogP) is 2.86. The van der Waals surface area contributed by atoms with Crippen LogP contribution in [0, 0.1) is 5.92 Å². The summed E-state index contributed by atoms with van der Waals surface area (Å²) in [6.07, 6.45) is 1.05. The van der Waals surface area contributed by atoms with Crippen LogP contribution in [0.4, 0.5) is 0 Å². The van der Waals surface area contributed by atoms with Gasteiger partial charge in [-0.05, 0) is 40.4 Å². The maximum Gasteiger partial charge on any atom is 0.306 e. The summed E-state index contributed by atoms with van der Waals surface area (Å²) < 4.78 is 23.8. The summed E-state index contributed by atoms with van der Waals surface area (Å²) in [6.45, 7) is 15.9. The second kappa shape index (κ2) is 6.07. The molecule has 2 rings (SSSR count). The van der Waals surface area contributed by atoms with Crippen LogP contribution in [-0.4, -0.2) is 44.5 Å². The lowest BCUT2D eigenvalue weighted by Gasteiger charge is -2.36. The normalized spacial score (nSPS) is 36.2. The van der Waals surface area contributed by atoms with Crippen LogP contribution in [0.5, 0.6) is 0 Å². The summed E-state index contributed by atoms with van der Waals surface area (Å²) in [4.78, 5) is 11.7. The van der Waals surface area contributed by atoms with Gasteiger partial charge in [-0.15, -0.1) is 6.58 Å². The second-order valence-corrected chi connectivity index (χ2v) is 12.0. The molecular weight excluding hydrogens is 300 g/mol. The van der Waals surface area contributed by atoms with E-state index in [0.29, 0.717) is 6.42 Å². The molecule has 22 heavy (non-hydrogen) atoms. The molecule has 0 amide bonds. The average molecular weight is 328 g/mol. The molecule has 0 bridgehead atoms. The van der Waals surface area contributed by atoms with E-state index in [1.165, 1.54) is 0 Å². The van der Waals surface area contributed by atoms with E-state index in [1.807, 2.05) is 20.8 Å². The number of cyclic esters (lactones) is 1. The molecule has 0 radical (unpaired) electrons. The lowest BCUT2D eigenvalue weighted by atomic mass is 9.93. The van der Waals surface area contributed by atoms with Crippen LogP contribution in [0.2, 0.25) is 19.6 Å². The molecule has 126 valence electrons. The molecule has 0 N–H and O–H groups in total. The van der Waals surface area contributed by atoms with E-state index < -0.39 is 14.1 Å². The number of hydrogen-bond acceptors (Lipinski definition) is 5. The van der Waals surface area contributed by atoms with E-state index in [9.17, 15) is 4.79 Å². The fourth-order valence-corrected chi connectivity index (χ4v) is 4.24. The summed E-state index contributed by atoms with van der Waals surface area (Å²) in [5.74, 6) is -0.907. The minimum atomic E-state index is -1.86. The first-order valence-corrected chi connectivity index (χ1v) is 11.3. The Labute approximate surface area is 134 Å². The maximum atomic E-state index is 11.7. The van der Waals surface area contributed by atoms with E-state index in [0.717, 1.165) is 0 Å². The van der Waals surface area contributed by atoms with E-state index in [4.69, 9.17) is 18.6 Å². The first kappa shape index (κ1) is 17.7. The quantitative estimate of drug-likeness (QED) is 0.441. The smallest absolute Gasteiger partial charge is 0.306 e. The zero-order valence-corrected chi connectivity index (χ0v) is 15.4. The maximum absolute atomic E-state index is 11.7. The first-order valence-electron chi connectivity index (χ1n) is 7.88. The summed E-state index contributed by atoms with van der Waals surface area (Å²) >= 11 is 0. The van der Waals surface area contributed by atoms with Crippen LogP contribution in [0.25, 0.3) is 0 Å². The van der Waals surface area contributed by atoms with Crippen molar-refractivity contribution in [3.05, 3.63) is 12.7 Å². The Morgan fingerprint density at radius 2 is 1.95 bits per heavy atom. The van der Waals surface area contributed by atoms with Gasteiger partial charge in [0.25, 0.3) is 0 Å². The monoisotopic (exact) mass is 328 g/mol. The minimum Gasteiger partial charge on any atom is -0.459 e. The fraction of sp³-hybridized carbons (Fsp3) is 0.812. The highest BCUT2D eigenvalue weighted by molar-refractivity contribution is 6.69. The molecule has 0 aromatic carbocycles. The number of carbonyl (C=O) groups excluding carboxylic acids is 1. The van der Waals surface area contributed by atoms with Crippen molar-refractivity contribution in [2.75, 3.05) is 0 Å². The lowest BCUT2D eigenvalue weighted by molar-refractivity contribution is -0.166. The van der Waals surface area contributed by atoms with Crippen molar-refractivity contribution in [2.45, 2.75) is 77.0 Å². The number of ether oxygens (including phenoxy) is 3. The number of hydrogen-bond donors (Lipinski definition) is 0. The number of carbonyl (C=O) groups is 1. The molecule has 0 aromatic heterocycles. The molecule has 2 fully saturated rings. The zero-order chi connectivity index (χ0) is 16.7. The van der Waals surface area contributed by atoms with E-state index in [1.54, 1.807) is 6.08 Å². The molecule has 5 nitrogen and oxygen atoms in total. The number of rotatable bonds is 5. The van der Waals surface area contributed by atoms with Crippen molar-refractivity contribution < 1.29 is 23.4 Å². The van der Waals surface area contributed by atoms with Crippen LogP contribution in [0.15, 0.2) is 12.7 Å². The van der Waals surface area contributed by atoms with Gasteiger partial charge < -0.3 is 18.6 Å². The zero-order valence-electron chi connectivity index (χ0n) is 14.4. The Balaban J connectivity index is 2.27. The molecule has 2 aliphatic rings. The van der Waals surface area contributed by atoms with Crippen molar-refractivity contribution in [1.82, 2.24) is 0 Å². The van der Waals surface area contributed by atoms with E-state index in [-0.39, 0.29) is 36.3 Å². The summed E-state index contributed by atoms with van der Waals surface area (Å²) in [7, 11) is -1.86. The van der Waals surface area contributed by atoms with Gasteiger partial charge in [-0.2, -0.15) is 0 Å². The van der Waals surface area contributed by atoms with Gasteiger partial charge in [0, 0.05) is 5.92 Å². The van der Waals surface area contributed by atoms with Gasteiger partial charge in [0.2, 0.25) is 0 Å². The highest BCUT2D eigenvalue weighted by Gasteiger charge is 2.51. The molecule has 0 spiro atoms. The van der Waals surface area contributed by atoms with Crippen LogP contribution in [0.1, 0.15) is 27.2 Å². The predicted molar refractivity (Wildman–Crippen MR) is 85.9 cm³/mol. The Kier molecular flexibility index (Phi) is 4.87. The third-order valence-corrected chi connectivity index (χ3v) is 4.86. The van der Waals surface area contributed by atoms with Gasteiger partial charge in [-0.1, -0.05) is 6.08 Å². The Hall–Kier alpha value is -0.693. The largest absolute Gasteiger partial charge is 0.459 e. The molecule has 0 saturated carbocycles. The van der Waals surface area contributed by atoms with Crippen LogP contribution >= 0.6 is 0 Å². The molecule has 2 aliphatic heterocycles. The summed E-state index contributed by atoms with van der Waals surface area (Å²) in [6, 6.07) is 0. The highest BCUT2D eigenvalue weighted by Crippen LogP contribution is 2.37. The standard InChI is InChI=1S/C16H28O5Si/c1-8-11-9-12(17)18-14(11)15(21-22(5,6)7)13-10(2)19-16(3,4)20-13/h8,10-11,13-15H,1,9H2,2-7H3/t10-,11+,13+,14+,15+/m1/s1. The lowest BCUT2D eigenvalue weighted by Crippen LogP contribution is -2.50. The molecule has 2 saturated heterocycles. The van der Waals surface area contributed by atoms with Gasteiger partial charge in [-0.3, -0.25) is 4.79 Å². The minimum absolute atomic E-state index is 0.0478. The van der Waals surface area contributed by atoms with Crippen molar-refractivity contribution in [1.29, 1.82) is 0 Å². The van der Waals surface area contributed by atoms with E-state index >= 15 is 0 Å². The highest BCUT2D eigenvalue weighted by atomic mass is 28.4. The third kappa shape index (κ3) is 3.98. The average Bonchev–Trinajstić information content (AvgIpc) is 2.84. The molecule has 0 unspecified atom stereocenters.